The first-order valence-corrected chi connectivity index (χ1v) is 13.1. The van der Waals surface area contributed by atoms with Gasteiger partial charge in [0.15, 0.2) is 0 Å². The summed E-state index contributed by atoms with van der Waals surface area (Å²) in [5.74, 6) is 2.38. The number of amides is 4. The second kappa shape index (κ2) is 9.23. The van der Waals surface area contributed by atoms with Crippen molar-refractivity contribution < 1.29 is 14.4 Å². The lowest BCUT2D eigenvalue weighted by molar-refractivity contribution is -0.160. The van der Waals surface area contributed by atoms with Crippen LogP contribution in [0.25, 0.3) is 0 Å². The van der Waals surface area contributed by atoms with E-state index in [1.807, 2.05) is 43.0 Å². The number of carbonyl (C=O) groups is 3. The SMILES string of the molecule is CC(C)NC(=O)Nc1ccc(CNC(=O)C2CCCN2C(=O)C23CC4CC(CC(C4)C2)C3)cc1. The summed E-state index contributed by atoms with van der Waals surface area (Å²) in [4.78, 5) is 40.7. The van der Waals surface area contributed by atoms with Crippen LogP contribution >= 0.6 is 0 Å². The predicted octanol–water partition coefficient (Wildman–Crippen LogP) is 4.04. The molecule has 1 aromatic rings. The maximum atomic E-state index is 13.8. The van der Waals surface area contributed by atoms with Gasteiger partial charge in [-0.3, -0.25) is 9.59 Å². The first-order valence-electron chi connectivity index (χ1n) is 13.1. The van der Waals surface area contributed by atoms with Crippen LogP contribution in [0.2, 0.25) is 0 Å². The van der Waals surface area contributed by atoms with Gasteiger partial charge in [-0.15, -0.1) is 0 Å². The topological polar surface area (TPSA) is 90.5 Å². The maximum Gasteiger partial charge on any atom is 0.319 e. The minimum Gasteiger partial charge on any atom is -0.350 e. The van der Waals surface area contributed by atoms with Gasteiger partial charge in [0, 0.05) is 24.8 Å². The maximum absolute atomic E-state index is 13.8. The lowest BCUT2D eigenvalue weighted by Gasteiger charge is -2.56. The number of nitrogens with one attached hydrogen (secondary N) is 3. The molecule has 7 nitrogen and oxygen atoms in total. The van der Waals surface area contributed by atoms with Crippen LogP contribution in [-0.4, -0.2) is 41.4 Å². The second-order valence-electron chi connectivity index (χ2n) is 11.5. The quantitative estimate of drug-likeness (QED) is 0.591. The average molecular weight is 467 g/mol. The van der Waals surface area contributed by atoms with Crippen molar-refractivity contribution >= 4 is 23.5 Å². The third kappa shape index (κ3) is 4.66. The number of hydrogen-bond donors (Lipinski definition) is 3. The summed E-state index contributed by atoms with van der Waals surface area (Å²) in [5.41, 5.74) is 1.47. The molecule has 34 heavy (non-hydrogen) atoms. The van der Waals surface area contributed by atoms with E-state index in [1.54, 1.807) is 0 Å². The summed E-state index contributed by atoms with van der Waals surface area (Å²) in [7, 11) is 0. The highest BCUT2D eigenvalue weighted by atomic mass is 16.2. The number of rotatable bonds is 6. The van der Waals surface area contributed by atoms with E-state index in [-0.39, 0.29) is 35.3 Å². The molecular weight excluding hydrogens is 428 g/mol. The second-order valence-corrected chi connectivity index (χ2v) is 11.5. The first-order chi connectivity index (χ1) is 16.3. The lowest BCUT2D eigenvalue weighted by atomic mass is 9.49. The van der Waals surface area contributed by atoms with E-state index in [1.165, 1.54) is 19.3 Å². The third-order valence-corrected chi connectivity index (χ3v) is 8.41. The Labute approximate surface area is 202 Å². The minimum absolute atomic E-state index is 0.0471. The molecule has 1 heterocycles. The van der Waals surface area contributed by atoms with Crippen LogP contribution in [0, 0.1) is 23.2 Å². The van der Waals surface area contributed by atoms with E-state index in [2.05, 4.69) is 16.0 Å². The average Bonchev–Trinajstić information content (AvgIpc) is 3.26. The Bertz CT molecular complexity index is 906. The fraction of sp³-hybridized carbons (Fsp3) is 0.667. The minimum atomic E-state index is -0.346. The molecule has 1 aromatic carbocycles. The zero-order valence-corrected chi connectivity index (χ0v) is 20.4. The van der Waals surface area contributed by atoms with E-state index < -0.39 is 0 Å². The Balaban J connectivity index is 1.17. The molecule has 1 saturated heterocycles. The van der Waals surface area contributed by atoms with Crippen molar-refractivity contribution in [3.8, 4) is 0 Å². The van der Waals surface area contributed by atoms with Crippen LogP contribution < -0.4 is 16.0 Å². The number of likely N-dealkylation sites (tertiary alicyclic amines) is 1. The zero-order chi connectivity index (χ0) is 23.9. The number of hydrogen-bond acceptors (Lipinski definition) is 3. The fourth-order valence-corrected chi connectivity index (χ4v) is 7.40. The predicted molar refractivity (Wildman–Crippen MR) is 131 cm³/mol. The monoisotopic (exact) mass is 466 g/mol. The number of benzene rings is 1. The summed E-state index contributed by atoms with van der Waals surface area (Å²) in [6.07, 6.45) is 8.70. The summed E-state index contributed by atoms with van der Waals surface area (Å²) in [6.45, 7) is 4.94. The molecule has 5 fully saturated rings. The van der Waals surface area contributed by atoms with Crippen molar-refractivity contribution in [3.63, 3.8) is 0 Å². The highest BCUT2D eigenvalue weighted by Gasteiger charge is 2.56. The molecule has 7 heteroatoms. The Hall–Kier alpha value is -2.57. The summed E-state index contributed by atoms with van der Waals surface area (Å²) in [5, 5.41) is 8.65. The lowest BCUT2D eigenvalue weighted by Crippen LogP contribution is -2.57. The van der Waals surface area contributed by atoms with Crippen LogP contribution in [0.3, 0.4) is 0 Å². The van der Waals surface area contributed by atoms with E-state index >= 15 is 0 Å². The van der Waals surface area contributed by atoms with E-state index in [0.29, 0.717) is 18.8 Å². The molecule has 0 spiro atoms. The highest BCUT2D eigenvalue weighted by Crippen LogP contribution is 2.60. The molecule has 3 N–H and O–H groups in total. The van der Waals surface area contributed by atoms with Gasteiger partial charge in [-0.25, -0.2) is 4.79 Å². The molecule has 6 rings (SSSR count). The van der Waals surface area contributed by atoms with E-state index in [4.69, 9.17) is 0 Å². The van der Waals surface area contributed by atoms with Crippen molar-refractivity contribution in [1.29, 1.82) is 0 Å². The van der Waals surface area contributed by atoms with E-state index in [0.717, 1.165) is 55.4 Å². The van der Waals surface area contributed by atoms with Crippen molar-refractivity contribution in [2.24, 2.45) is 23.2 Å². The van der Waals surface area contributed by atoms with Gasteiger partial charge in [-0.05, 0) is 101 Å². The molecule has 1 unspecified atom stereocenters. The van der Waals surface area contributed by atoms with Gasteiger partial charge in [0.25, 0.3) is 0 Å². The molecule has 1 aliphatic heterocycles. The van der Waals surface area contributed by atoms with Gasteiger partial charge in [0.2, 0.25) is 11.8 Å². The van der Waals surface area contributed by atoms with Crippen molar-refractivity contribution in [2.75, 3.05) is 11.9 Å². The third-order valence-electron chi connectivity index (χ3n) is 8.41. The van der Waals surface area contributed by atoms with Crippen molar-refractivity contribution in [2.45, 2.75) is 83.8 Å². The van der Waals surface area contributed by atoms with E-state index in [9.17, 15) is 14.4 Å². The Kier molecular flexibility index (Phi) is 6.30. The smallest absolute Gasteiger partial charge is 0.319 e. The molecular formula is C27H38N4O3. The van der Waals surface area contributed by atoms with Crippen molar-refractivity contribution in [3.05, 3.63) is 29.8 Å². The van der Waals surface area contributed by atoms with Gasteiger partial charge >= 0.3 is 6.03 Å². The van der Waals surface area contributed by atoms with Crippen molar-refractivity contribution in [1.82, 2.24) is 15.5 Å². The molecule has 1 atom stereocenters. The molecule has 4 aliphatic carbocycles. The summed E-state index contributed by atoms with van der Waals surface area (Å²) >= 11 is 0. The van der Waals surface area contributed by atoms with Gasteiger partial charge in [0.05, 0.1) is 5.41 Å². The largest absolute Gasteiger partial charge is 0.350 e. The standard InChI is InChI=1S/C27H38N4O3/c1-17(2)29-26(34)30-22-7-5-18(6-8-22)16-28-24(32)23-4-3-9-31(23)25(33)27-13-19-10-20(14-27)12-21(11-19)15-27/h5-8,17,19-21,23H,3-4,9-16H2,1-2H3,(H,28,32)(H2,29,30,34). The van der Waals surface area contributed by atoms with Crippen LogP contribution in [0.15, 0.2) is 24.3 Å². The van der Waals surface area contributed by atoms with Gasteiger partial charge in [-0.1, -0.05) is 12.1 Å². The number of anilines is 1. The van der Waals surface area contributed by atoms with Crippen LogP contribution in [-0.2, 0) is 16.1 Å². The van der Waals surface area contributed by atoms with Gasteiger partial charge in [-0.2, -0.15) is 0 Å². The van der Waals surface area contributed by atoms with Crippen LogP contribution in [0.5, 0.6) is 0 Å². The number of carbonyl (C=O) groups excluding carboxylic acids is 3. The molecule has 5 aliphatic rings. The number of urea groups is 1. The Morgan fingerprint density at radius 3 is 2.21 bits per heavy atom. The molecule has 4 saturated carbocycles. The normalized spacial score (nSPS) is 31.6. The van der Waals surface area contributed by atoms with Gasteiger partial charge < -0.3 is 20.9 Å². The zero-order valence-electron chi connectivity index (χ0n) is 20.4. The molecule has 0 aromatic heterocycles. The summed E-state index contributed by atoms with van der Waals surface area (Å²) < 4.78 is 0. The van der Waals surface area contributed by atoms with Gasteiger partial charge in [0.1, 0.15) is 6.04 Å². The first kappa shape index (κ1) is 23.2. The molecule has 4 bridgehead atoms. The highest BCUT2D eigenvalue weighted by molar-refractivity contribution is 5.91. The van der Waals surface area contributed by atoms with Crippen LogP contribution in [0.1, 0.15) is 70.8 Å². The molecule has 184 valence electrons. The fourth-order valence-electron chi connectivity index (χ4n) is 7.40. The number of nitrogens with zero attached hydrogens (tertiary/aromatic N) is 1. The molecule has 4 amide bonds. The Morgan fingerprint density at radius 2 is 1.62 bits per heavy atom. The molecule has 0 radical (unpaired) electrons. The Morgan fingerprint density at radius 1 is 1.00 bits per heavy atom. The summed E-state index contributed by atoms with van der Waals surface area (Å²) in [6, 6.07) is 6.96. The van der Waals surface area contributed by atoms with Crippen LogP contribution in [0.4, 0.5) is 10.5 Å².